The molecule has 0 unspecified atom stereocenters. The molecule has 0 atom stereocenters. The van der Waals surface area contributed by atoms with Gasteiger partial charge in [0.1, 0.15) is 5.75 Å². The number of aromatic nitrogens is 3. The molecule has 0 saturated carbocycles. The molecule has 1 heterocycles. The summed E-state index contributed by atoms with van der Waals surface area (Å²) in [6.07, 6.45) is 1.50. The van der Waals surface area contributed by atoms with E-state index in [2.05, 4.69) is 15.6 Å². The minimum Gasteiger partial charge on any atom is -0.506 e. The van der Waals surface area contributed by atoms with E-state index in [1.165, 1.54) is 16.9 Å². The van der Waals surface area contributed by atoms with Crippen molar-refractivity contribution in [2.24, 2.45) is 5.73 Å². The molecule has 0 radical (unpaired) electrons. The molecule has 1 amide bonds. The molecular formula is C11H13N5O2. The number of hydrogen-bond donors (Lipinski definition) is 3. The molecule has 4 N–H and O–H groups in total. The highest BCUT2D eigenvalue weighted by molar-refractivity contribution is 6.03. The van der Waals surface area contributed by atoms with Crippen molar-refractivity contribution in [3.8, 4) is 5.75 Å². The number of phenols is 1. The Hall–Kier alpha value is -2.41. The molecule has 0 aliphatic heterocycles. The van der Waals surface area contributed by atoms with Crippen LogP contribution in [0, 0.1) is 0 Å². The molecule has 0 bridgehead atoms. The number of phenolic OH excluding ortho intramolecular Hbond substituents is 1. The van der Waals surface area contributed by atoms with E-state index in [4.69, 9.17) is 5.73 Å². The molecule has 0 spiro atoms. The van der Waals surface area contributed by atoms with Crippen molar-refractivity contribution >= 4 is 11.6 Å². The van der Waals surface area contributed by atoms with E-state index in [1.54, 1.807) is 18.2 Å². The Labute approximate surface area is 103 Å². The summed E-state index contributed by atoms with van der Waals surface area (Å²) < 4.78 is 1.49. The fourth-order valence-electron chi connectivity index (χ4n) is 1.41. The number of carbonyl (C=O) groups excluding carboxylic acids is 1. The number of nitrogens with one attached hydrogen (secondary N) is 1. The van der Waals surface area contributed by atoms with Gasteiger partial charge in [-0.05, 0) is 12.1 Å². The molecule has 1 aromatic heterocycles. The van der Waals surface area contributed by atoms with Crippen LogP contribution in [-0.4, -0.2) is 32.6 Å². The number of hydrogen-bond acceptors (Lipinski definition) is 5. The predicted octanol–water partition coefficient (Wildman–Crippen LogP) is 0.195. The summed E-state index contributed by atoms with van der Waals surface area (Å²) >= 11 is 0. The van der Waals surface area contributed by atoms with Crippen molar-refractivity contribution in [1.82, 2.24) is 15.0 Å². The van der Waals surface area contributed by atoms with Crippen molar-refractivity contribution < 1.29 is 9.90 Å². The van der Waals surface area contributed by atoms with Gasteiger partial charge in [-0.3, -0.25) is 9.48 Å². The normalized spacial score (nSPS) is 10.3. The lowest BCUT2D eigenvalue weighted by Crippen LogP contribution is -2.13. The molecule has 0 saturated heterocycles. The maximum Gasteiger partial charge on any atom is 0.277 e. The molecule has 7 heteroatoms. The first-order valence-electron chi connectivity index (χ1n) is 5.40. The summed E-state index contributed by atoms with van der Waals surface area (Å²) in [6.45, 7) is 0.917. The van der Waals surface area contributed by atoms with Crippen LogP contribution in [0.3, 0.4) is 0 Å². The number of nitrogens with zero attached hydrogens (tertiary/aromatic N) is 3. The second kappa shape index (κ2) is 5.28. The molecule has 0 aliphatic carbocycles. The fourth-order valence-corrected chi connectivity index (χ4v) is 1.41. The zero-order chi connectivity index (χ0) is 13.0. The number of anilines is 1. The van der Waals surface area contributed by atoms with Crippen LogP contribution in [0.5, 0.6) is 5.75 Å². The van der Waals surface area contributed by atoms with Gasteiger partial charge in [-0.25, -0.2) is 0 Å². The molecule has 0 fully saturated rings. The van der Waals surface area contributed by atoms with Crippen LogP contribution in [0.4, 0.5) is 5.69 Å². The fraction of sp³-hybridized carbons (Fsp3) is 0.182. The minimum atomic E-state index is -0.431. The van der Waals surface area contributed by atoms with E-state index in [-0.39, 0.29) is 11.4 Å². The number of carbonyl (C=O) groups is 1. The van der Waals surface area contributed by atoms with Crippen molar-refractivity contribution in [2.45, 2.75) is 6.54 Å². The maximum atomic E-state index is 11.8. The summed E-state index contributed by atoms with van der Waals surface area (Å²) in [5.74, 6) is -0.431. The van der Waals surface area contributed by atoms with Crippen LogP contribution in [0.1, 0.15) is 10.5 Å². The quantitative estimate of drug-likeness (QED) is 0.669. The van der Waals surface area contributed by atoms with E-state index in [0.717, 1.165) is 0 Å². The lowest BCUT2D eigenvalue weighted by Gasteiger charge is -2.04. The third-order valence-corrected chi connectivity index (χ3v) is 2.28. The minimum absolute atomic E-state index is 0.000185. The molecule has 18 heavy (non-hydrogen) atoms. The second-order valence-corrected chi connectivity index (χ2v) is 3.63. The lowest BCUT2D eigenvalue weighted by molar-refractivity contribution is 0.102. The average Bonchev–Trinajstić information content (AvgIpc) is 2.81. The molecule has 7 nitrogen and oxygen atoms in total. The van der Waals surface area contributed by atoms with E-state index in [1.807, 2.05) is 0 Å². The maximum absolute atomic E-state index is 11.8. The smallest absolute Gasteiger partial charge is 0.277 e. The highest BCUT2D eigenvalue weighted by Gasteiger charge is 2.12. The number of para-hydroxylation sites is 2. The first-order chi connectivity index (χ1) is 8.70. The highest BCUT2D eigenvalue weighted by atomic mass is 16.3. The monoisotopic (exact) mass is 247 g/mol. The number of rotatable bonds is 4. The van der Waals surface area contributed by atoms with Crippen molar-refractivity contribution in [2.75, 3.05) is 11.9 Å². The Morgan fingerprint density at radius 1 is 1.44 bits per heavy atom. The SMILES string of the molecule is NCCn1cc(C(=O)Nc2ccccc2O)nn1. The van der Waals surface area contributed by atoms with Crippen molar-refractivity contribution in [3.63, 3.8) is 0 Å². The zero-order valence-corrected chi connectivity index (χ0v) is 9.58. The van der Waals surface area contributed by atoms with Gasteiger partial charge in [-0.1, -0.05) is 17.3 Å². The van der Waals surface area contributed by atoms with E-state index in [9.17, 15) is 9.90 Å². The highest BCUT2D eigenvalue weighted by Crippen LogP contribution is 2.21. The Morgan fingerprint density at radius 2 is 2.22 bits per heavy atom. The second-order valence-electron chi connectivity index (χ2n) is 3.63. The number of amides is 1. The third-order valence-electron chi connectivity index (χ3n) is 2.28. The van der Waals surface area contributed by atoms with Crippen molar-refractivity contribution in [1.29, 1.82) is 0 Å². The van der Waals surface area contributed by atoms with Crippen LogP contribution in [0.25, 0.3) is 0 Å². The van der Waals surface area contributed by atoms with Gasteiger partial charge in [0.05, 0.1) is 18.4 Å². The molecule has 0 aliphatic rings. The van der Waals surface area contributed by atoms with Gasteiger partial charge in [0.25, 0.3) is 5.91 Å². The summed E-state index contributed by atoms with van der Waals surface area (Å²) in [6, 6.07) is 6.46. The van der Waals surface area contributed by atoms with Gasteiger partial charge in [0.2, 0.25) is 0 Å². The van der Waals surface area contributed by atoms with Gasteiger partial charge in [-0.2, -0.15) is 0 Å². The topological polar surface area (TPSA) is 106 Å². The number of nitrogens with two attached hydrogens (primary N) is 1. The van der Waals surface area contributed by atoms with Gasteiger partial charge in [0.15, 0.2) is 5.69 Å². The van der Waals surface area contributed by atoms with Crippen molar-refractivity contribution in [3.05, 3.63) is 36.2 Å². The van der Waals surface area contributed by atoms with Crippen LogP contribution in [-0.2, 0) is 6.54 Å². The Balaban J connectivity index is 2.10. The summed E-state index contributed by atoms with van der Waals surface area (Å²) in [4.78, 5) is 11.8. The van der Waals surface area contributed by atoms with Gasteiger partial charge >= 0.3 is 0 Å². The summed E-state index contributed by atoms with van der Waals surface area (Å²) in [7, 11) is 0. The number of aromatic hydroxyl groups is 1. The van der Waals surface area contributed by atoms with Crippen LogP contribution < -0.4 is 11.1 Å². The van der Waals surface area contributed by atoms with E-state index < -0.39 is 5.91 Å². The van der Waals surface area contributed by atoms with Gasteiger partial charge in [0, 0.05) is 6.54 Å². The Kier molecular flexibility index (Phi) is 3.54. The molecule has 1 aromatic carbocycles. The van der Waals surface area contributed by atoms with Crippen LogP contribution >= 0.6 is 0 Å². The summed E-state index contributed by atoms with van der Waals surface area (Å²) in [5, 5.41) is 19.5. The van der Waals surface area contributed by atoms with Crippen LogP contribution in [0.15, 0.2) is 30.5 Å². The van der Waals surface area contributed by atoms with Crippen LogP contribution in [0.2, 0.25) is 0 Å². The molecular weight excluding hydrogens is 234 g/mol. The molecule has 2 rings (SSSR count). The van der Waals surface area contributed by atoms with E-state index >= 15 is 0 Å². The Bertz CT molecular complexity index is 552. The van der Waals surface area contributed by atoms with Gasteiger partial charge < -0.3 is 16.2 Å². The Morgan fingerprint density at radius 3 is 2.94 bits per heavy atom. The largest absolute Gasteiger partial charge is 0.506 e. The first-order valence-corrected chi connectivity index (χ1v) is 5.40. The standard InChI is InChI=1S/C11H13N5O2/c12-5-6-16-7-9(14-15-16)11(18)13-8-3-1-2-4-10(8)17/h1-4,7,17H,5-6,12H2,(H,13,18). The first kappa shape index (κ1) is 12.1. The average molecular weight is 247 g/mol. The van der Waals surface area contributed by atoms with E-state index in [0.29, 0.717) is 18.8 Å². The lowest BCUT2D eigenvalue weighted by atomic mass is 10.3. The predicted molar refractivity (Wildman–Crippen MR) is 65.1 cm³/mol. The summed E-state index contributed by atoms with van der Waals surface area (Å²) in [5.41, 5.74) is 5.87. The zero-order valence-electron chi connectivity index (χ0n) is 9.58. The molecule has 94 valence electrons. The number of benzene rings is 1. The van der Waals surface area contributed by atoms with Gasteiger partial charge in [-0.15, -0.1) is 5.10 Å². The third kappa shape index (κ3) is 2.64. The molecule has 2 aromatic rings.